The monoisotopic (exact) mass is 398 g/mol. The maximum absolute atomic E-state index is 5.94. The Labute approximate surface area is 162 Å². The quantitative estimate of drug-likeness (QED) is 0.410. The van der Waals surface area contributed by atoms with E-state index in [0.29, 0.717) is 19.8 Å². The van der Waals surface area contributed by atoms with Crippen molar-refractivity contribution < 1.29 is 17.7 Å². The summed E-state index contributed by atoms with van der Waals surface area (Å²) in [5, 5.41) is 0. The molecule has 0 heterocycles. The summed E-state index contributed by atoms with van der Waals surface area (Å²) in [6, 6.07) is 10.9. The van der Waals surface area contributed by atoms with Gasteiger partial charge in [0.2, 0.25) is 0 Å². The molecule has 1 aromatic rings. The van der Waals surface area contributed by atoms with Crippen LogP contribution in [-0.4, -0.2) is 43.5 Å². The molecule has 0 aliphatic rings. The third-order valence-electron chi connectivity index (χ3n) is 4.39. The molecule has 1 aromatic carbocycles. The van der Waals surface area contributed by atoms with Crippen LogP contribution < -0.4 is 0 Å². The van der Waals surface area contributed by atoms with Gasteiger partial charge >= 0.3 is 8.80 Å². The van der Waals surface area contributed by atoms with Crippen molar-refractivity contribution in [2.75, 3.05) is 26.4 Å². The van der Waals surface area contributed by atoms with Crippen LogP contribution in [0.3, 0.4) is 0 Å². The van der Waals surface area contributed by atoms with Gasteiger partial charge in [0.1, 0.15) is 0 Å². The van der Waals surface area contributed by atoms with E-state index in [1.807, 2.05) is 20.8 Å². The zero-order chi connectivity index (χ0) is 19.5. The van der Waals surface area contributed by atoms with Gasteiger partial charge in [-0.1, -0.05) is 24.3 Å². The molecule has 0 spiro atoms. The predicted molar refractivity (Wildman–Crippen MR) is 113 cm³/mol. The van der Waals surface area contributed by atoms with Gasteiger partial charge in [0.15, 0.2) is 8.32 Å². The highest BCUT2D eigenvalue weighted by molar-refractivity contribution is 6.71. The number of rotatable bonds is 14. The second-order valence-electron chi connectivity index (χ2n) is 6.99. The van der Waals surface area contributed by atoms with Crippen molar-refractivity contribution in [3.05, 3.63) is 35.4 Å². The van der Waals surface area contributed by atoms with E-state index in [9.17, 15) is 0 Å². The van der Waals surface area contributed by atoms with E-state index in [-0.39, 0.29) is 0 Å². The number of benzene rings is 1. The van der Waals surface area contributed by atoms with Gasteiger partial charge in [-0.2, -0.15) is 0 Å². The Bertz CT molecular complexity index is 474. The Morgan fingerprint density at radius 1 is 0.615 bits per heavy atom. The molecule has 150 valence electrons. The highest BCUT2D eigenvalue weighted by Crippen LogP contribution is 2.21. The first kappa shape index (κ1) is 23.5. The van der Waals surface area contributed by atoms with Crippen molar-refractivity contribution in [1.29, 1.82) is 0 Å². The lowest BCUT2D eigenvalue weighted by Crippen LogP contribution is -2.46. The molecule has 0 aromatic heterocycles. The van der Waals surface area contributed by atoms with Gasteiger partial charge in [0.25, 0.3) is 0 Å². The lowest BCUT2D eigenvalue weighted by Gasteiger charge is -2.28. The van der Waals surface area contributed by atoms with Gasteiger partial charge in [-0.3, -0.25) is 0 Å². The standard InChI is InChI=1S/C20H38O4Si2/c1-7-21-25(5,6)17-15-19-11-13-20(14-12-19)16-18-26(22-8-2,23-9-3)24-10-4/h11-14H,7-10,15-18H2,1-6H3. The van der Waals surface area contributed by atoms with E-state index in [1.54, 1.807) is 0 Å². The van der Waals surface area contributed by atoms with E-state index < -0.39 is 17.1 Å². The molecule has 4 nitrogen and oxygen atoms in total. The smallest absolute Gasteiger partial charge is 0.418 e. The Morgan fingerprint density at radius 2 is 1.00 bits per heavy atom. The van der Waals surface area contributed by atoms with Crippen molar-refractivity contribution in [2.45, 2.75) is 65.7 Å². The minimum absolute atomic E-state index is 0.630. The minimum Gasteiger partial charge on any atom is -0.418 e. The molecular weight excluding hydrogens is 360 g/mol. The molecule has 6 heteroatoms. The van der Waals surface area contributed by atoms with Gasteiger partial charge in [-0.25, -0.2) is 0 Å². The van der Waals surface area contributed by atoms with Gasteiger partial charge in [0.05, 0.1) is 0 Å². The molecule has 26 heavy (non-hydrogen) atoms. The summed E-state index contributed by atoms with van der Waals surface area (Å²) in [6.45, 7) is 15.4. The average Bonchev–Trinajstić information content (AvgIpc) is 2.60. The highest BCUT2D eigenvalue weighted by atomic mass is 28.4. The van der Waals surface area contributed by atoms with Crippen LogP contribution in [0.5, 0.6) is 0 Å². The van der Waals surface area contributed by atoms with Crippen LogP contribution in [0.25, 0.3) is 0 Å². The van der Waals surface area contributed by atoms with Crippen molar-refractivity contribution in [3.8, 4) is 0 Å². The average molecular weight is 399 g/mol. The van der Waals surface area contributed by atoms with Crippen molar-refractivity contribution in [2.24, 2.45) is 0 Å². The Balaban J connectivity index is 2.62. The SMILES string of the molecule is CCO[Si](C)(C)CCc1ccc(CC[Si](OCC)(OCC)OCC)cc1. The molecule has 0 N–H and O–H groups in total. The summed E-state index contributed by atoms with van der Waals surface area (Å²) in [5.41, 5.74) is 2.70. The lowest BCUT2D eigenvalue weighted by molar-refractivity contribution is 0.0714. The summed E-state index contributed by atoms with van der Waals surface area (Å²) in [4.78, 5) is 0. The van der Waals surface area contributed by atoms with Crippen LogP contribution in [0.2, 0.25) is 25.2 Å². The second kappa shape index (κ2) is 12.1. The first-order chi connectivity index (χ1) is 12.4. The molecule has 0 fully saturated rings. The van der Waals surface area contributed by atoms with E-state index in [0.717, 1.165) is 31.5 Å². The molecule has 0 aliphatic heterocycles. The van der Waals surface area contributed by atoms with Gasteiger partial charge in [-0.05, 0) is 70.8 Å². The van der Waals surface area contributed by atoms with Gasteiger partial charge in [-0.15, -0.1) is 0 Å². The topological polar surface area (TPSA) is 36.9 Å². The largest absolute Gasteiger partial charge is 0.501 e. The van der Waals surface area contributed by atoms with E-state index in [4.69, 9.17) is 17.7 Å². The maximum Gasteiger partial charge on any atom is 0.501 e. The normalized spacial score (nSPS) is 12.5. The fraction of sp³-hybridized carbons (Fsp3) is 0.700. The zero-order valence-electron chi connectivity index (χ0n) is 17.6. The Hall–Kier alpha value is -0.506. The van der Waals surface area contributed by atoms with E-state index in [2.05, 4.69) is 44.3 Å². The molecule has 0 unspecified atom stereocenters. The molecule has 1 rings (SSSR count). The van der Waals surface area contributed by atoms with Crippen molar-refractivity contribution in [1.82, 2.24) is 0 Å². The molecule has 0 amide bonds. The first-order valence-electron chi connectivity index (χ1n) is 10.0. The van der Waals surface area contributed by atoms with Crippen LogP contribution >= 0.6 is 0 Å². The van der Waals surface area contributed by atoms with E-state index in [1.165, 1.54) is 11.1 Å². The summed E-state index contributed by atoms with van der Waals surface area (Å²) < 4.78 is 23.7. The van der Waals surface area contributed by atoms with Crippen LogP contribution in [0, 0.1) is 0 Å². The number of aryl methyl sites for hydroxylation is 2. The molecule has 0 atom stereocenters. The van der Waals surface area contributed by atoms with E-state index >= 15 is 0 Å². The first-order valence-corrected chi connectivity index (χ1v) is 15.1. The predicted octanol–water partition coefficient (Wildman–Crippen LogP) is 5.06. The fourth-order valence-electron chi connectivity index (χ4n) is 3.08. The molecule has 0 radical (unpaired) electrons. The maximum atomic E-state index is 5.94. The second-order valence-corrected chi connectivity index (χ2v) is 14.0. The molecule has 0 bridgehead atoms. The Kier molecular flexibility index (Phi) is 10.9. The fourth-order valence-corrected chi connectivity index (χ4v) is 7.49. The zero-order valence-corrected chi connectivity index (χ0v) is 19.6. The molecule has 0 saturated carbocycles. The summed E-state index contributed by atoms with van der Waals surface area (Å²) in [7, 11) is -4.06. The highest BCUT2D eigenvalue weighted by Gasteiger charge is 2.39. The Morgan fingerprint density at radius 3 is 1.38 bits per heavy atom. The van der Waals surface area contributed by atoms with Gasteiger partial charge < -0.3 is 17.7 Å². The van der Waals surface area contributed by atoms with Crippen molar-refractivity contribution >= 4 is 17.1 Å². The van der Waals surface area contributed by atoms with Crippen LogP contribution in [0.1, 0.15) is 38.8 Å². The van der Waals surface area contributed by atoms with Crippen LogP contribution in [-0.2, 0) is 30.5 Å². The molecule has 0 aliphatic carbocycles. The van der Waals surface area contributed by atoms with Crippen LogP contribution in [0.15, 0.2) is 24.3 Å². The molecule has 0 saturated heterocycles. The molecular formula is C20H38O4Si2. The van der Waals surface area contributed by atoms with Gasteiger partial charge in [0, 0.05) is 32.5 Å². The lowest BCUT2D eigenvalue weighted by atomic mass is 10.1. The van der Waals surface area contributed by atoms with Crippen molar-refractivity contribution in [3.63, 3.8) is 0 Å². The number of hydrogen-bond donors (Lipinski definition) is 0. The van der Waals surface area contributed by atoms with Crippen LogP contribution in [0.4, 0.5) is 0 Å². The number of hydrogen-bond acceptors (Lipinski definition) is 4. The summed E-state index contributed by atoms with van der Waals surface area (Å²) in [5.74, 6) is 0. The minimum atomic E-state index is -2.55. The third kappa shape index (κ3) is 8.46. The third-order valence-corrected chi connectivity index (χ3v) is 9.96. The summed E-state index contributed by atoms with van der Waals surface area (Å²) >= 11 is 0. The summed E-state index contributed by atoms with van der Waals surface area (Å²) in [6.07, 6.45) is 2.01.